The van der Waals surface area contributed by atoms with Crippen LogP contribution in [0.2, 0.25) is 5.02 Å². The molecule has 0 radical (unpaired) electrons. The van der Waals surface area contributed by atoms with E-state index >= 15 is 0 Å². The van der Waals surface area contributed by atoms with Crippen molar-refractivity contribution in [2.24, 2.45) is 18.9 Å². The minimum Gasteiger partial charge on any atom is -0.393 e. The maximum atomic E-state index is 13.0. The van der Waals surface area contributed by atoms with Gasteiger partial charge in [-0.3, -0.25) is 4.79 Å². The maximum Gasteiger partial charge on any atom is 0.270 e. The van der Waals surface area contributed by atoms with Gasteiger partial charge in [-0.15, -0.1) is 0 Å². The number of carbonyl (C=O) groups excluding carboxylic acids is 1. The number of aryl methyl sites for hydroxylation is 1. The molecule has 4 atom stereocenters. The van der Waals surface area contributed by atoms with Crippen LogP contribution in [0.15, 0.2) is 12.3 Å². The first kappa shape index (κ1) is 16.8. The average Bonchev–Trinajstić information content (AvgIpc) is 2.87. The van der Waals surface area contributed by atoms with E-state index in [0.29, 0.717) is 16.6 Å². The second-order valence-electron chi connectivity index (χ2n) is 7.37. The van der Waals surface area contributed by atoms with Crippen LogP contribution in [0.4, 0.5) is 0 Å². The van der Waals surface area contributed by atoms with E-state index in [1.54, 1.807) is 16.8 Å². The van der Waals surface area contributed by atoms with E-state index in [9.17, 15) is 9.90 Å². The Balaban J connectivity index is 1.83. The predicted molar refractivity (Wildman–Crippen MR) is 91.6 cm³/mol. The fourth-order valence-corrected chi connectivity index (χ4v) is 4.61. The van der Waals surface area contributed by atoms with Crippen LogP contribution in [0.5, 0.6) is 0 Å². The number of likely N-dealkylation sites (tertiary alicyclic amines) is 1. The van der Waals surface area contributed by atoms with Crippen molar-refractivity contribution >= 4 is 17.5 Å². The molecule has 1 saturated heterocycles. The number of hydrogen-bond donors (Lipinski definition) is 1. The largest absolute Gasteiger partial charge is 0.393 e. The lowest BCUT2D eigenvalue weighted by atomic mass is 9.74. The monoisotopic (exact) mass is 338 g/mol. The third-order valence-electron chi connectivity index (χ3n) is 5.62. The highest BCUT2D eigenvalue weighted by Crippen LogP contribution is 2.37. The van der Waals surface area contributed by atoms with Crippen LogP contribution in [0.25, 0.3) is 0 Å². The summed E-state index contributed by atoms with van der Waals surface area (Å²) in [5, 5.41) is 11.1. The molecule has 2 heterocycles. The van der Waals surface area contributed by atoms with Crippen molar-refractivity contribution in [3.8, 4) is 0 Å². The van der Waals surface area contributed by atoms with Gasteiger partial charge in [0.2, 0.25) is 0 Å². The van der Waals surface area contributed by atoms with Crippen molar-refractivity contribution in [2.45, 2.75) is 57.6 Å². The Morgan fingerprint density at radius 2 is 2.09 bits per heavy atom. The summed E-state index contributed by atoms with van der Waals surface area (Å²) in [6.45, 7) is 3.04. The van der Waals surface area contributed by atoms with E-state index in [-0.39, 0.29) is 24.0 Å². The van der Waals surface area contributed by atoms with Gasteiger partial charge in [0.1, 0.15) is 5.69 Å². The third kappa shape index (κ3) is 3.43. The van der Waals surface area contributed by atoms with Gasteiger partial charge < -0.3 is 14.6 Å². The Morgan fingerprint density at radius 1 is 1.30 bits per heavy atom. The molecule has 1 saturated carbocycles. The molecule has 0 aromatic carbocycles. The highest BCUT2D eigenvalue weighted by Gasteiger charge is 2.39. The quantitative estimate of drug-likeness (QED) is 0.897. The summed E-state index contributed by atoms with van der Waals surface area (Å²) in [6, 6.07) is 1.90. The van der Waals surface area contributed by atoms with Gasteiger partial charge in [-0.1, -0.05) is 18.5 Å². The van der Waals surface area contributed by atoms with E-state index in [1.807, 2.05) is 11.9 Å². The number of piperidine rings is 1. The summed E-state index contributed by atoms with van der Waals surface area (Å²) >= 11 is 6.04. The lowest BCUT2D eigenvalue weighted by Gasteiger charge is -2.45. The number of amides is 1. The molecule has 2 fully saturated rings. The zero-order valence-corrected chi connectivity index (χ0v) is 14.8. The summed E-state index contributed by atoms with van der Waals surface area (Å²) in [7, 11) is 1.86. The van der Waals surface area contributed by atoms with Crippen molar-refractivity contribution in [1.82, 2.24) is 9.47 Å². The highest BCUT2D eigenvalue weighted by atomic mass is 35.5. The van der Waals surface area contributed by atoms with Crippen LogP contribution in [-0.4, -0.2) is 39.2 Å². The molecular weight excluding hydrogens is 312 g/mol. The molecule has 4 unspecified atom stereocenters. The van der Waals surface area contributed by atoms with Crippen LogP contribution in [0.1, 0.15) is 55.9 Å². The Bertz CT molecular complexity index is 571. The smallest absolute Gasteiger partial charge is 0.270 e. The molecule has 5 heteroatoms. The zero-order valence-electron chi connectivity index (χ0n) is 14.0. The predicted octanol–water partition coefficient (Wildman–Crippen LogP) is 3.47. The first-order valence-corrected chi connectivity index (χ1v) is 9.16. The van der Waals surface area contributed by atoms with Crippen molar-refractivity contribution in [3.63, 3.8) is 0 Å². The van der Waals surface area contributed by atoms with E-state index in [4.69, 9.17) is 11.6 Å². The average molecular weight is 339 g/mol. The molecule has 2 aliphatic rings. The molecule has 1 amide bonds. The summed E-state index contributed by atoms with van der Waals surface area (Å²) in [5.74, 6) is 0.889. The third-order valence-corrected chi connectivity index (χ3v) is 5.83. The number of aromatic nitrogens is 1. The summed E-state index contributed by atoms with van der Waals surface area (Å²) in [5.41, 5.74) is 0.639. The molecule has 128 valence electrons. The Kier molecular flexibility index (Phi) is 5.02. The second-order valence-corrected chi connectivity index (χ2v) is 7.80. The Hall–Kier alpha value is -1.00. The van der Waals surface area contributed by atoms with E-state index in [1.165, 1.54) is 0 Å². The van der Waals surface area contributed by atoms with Gasteiger partial charge in [0.15, 0.2) is 0 Å². The topological polar surface area (TPSA) is 45.5 Å². The summed E-state index contributed by atoms with van der Waals surface area (Å²) in [4.78, 5) is 15.0. The van der Waals surface area contributed by atoms with Crippen molar-refractivity contribution < 1.29 is 9.90 Å². The van der Waals surface area contributed by atoms with E-state index < -0.39 is 0 Å². The van der Waals surface area contributed by atoms with Gasteiger partial charge in [0, 0.05) is 31.7 Å². The van der Waals surface area contributed by atoms with Gasteiger partial charge in [-0.2, -0.15) is 0 Å². The molecule has 1 N–H and O–H groups in total. The summed E-state index contributed by atoms with van der Waals surface area (Å²) in [6.07, 6.45) is 7.64. The van der Waals surface area contributed by atoms with Crippen LogP contribution in [0.3, 0.4) is 0 Å². The normalized spacial score (nSPS) is 32.1. The molecule has 1 aromatic rings. The van der Waals surface area contributed by atoms with Gasteiger partial charge in [0.25, 0.3) is 5.91 Å². The van der Waals surface area contributed by atoms with Crippen LogP contribution in [-0.2, 0) is 7.05 Å². The van der Waals surface area contributed by atoms with E-state index in [2.05, 4.69) is 6.92 Å². The Labute approximate surface area is 143 Å². The summed E-state index contributed by atoms with van der Waals surface area (Å²) < 4.78 is 1.80. The number of nitrogens with zero attached hydrogens (tertiary/aromatic N) is 2. The highest BCUT2D eigenvalue weighted by molar-refractivity contribution is 6.31. The zero-order chi connectivity index (χ0) is 16.6. The first-order chi connectivity index (χ1) is 11.0. The molecule has 23 heavy (non-hydrogen) atoms. The maximum absolute atomic E-state index is 13.0. The lowest BCUT2D eigenvalue weighted by molar-refractivity contribution is -0.0124. The number of hydrogen-bond acceptors (Lipinski definition) is 2. The molecule has 0 bridgehead atoms. The van der Waals surface area contributed by atoms with Crippen LogP contribution >= 0.6 is 11.6 Å². The molecular formula is C18H27ClN2O2. The fourth-order valence-electron chi connectivity index (χ4n) is 4.36. The van der Waals surface area contributed by atoms with Crippen molar-refractivity contribution in [1.29, 1.82) is 0 Å². The number of halogens is 1. The molecule has 0 spiro atoms. The van der Waals surface area contributed by atoms with E-state index in [0.717, 1.165) is 45.1 Å². The molecule has 3 rings (SSSR count). The lowest BCUT2D eigenvalue weighted by Crippen LogP contribution is -2.52. The van der Waals surface area contributed by atoms with Crippen LogP contribution < -0.4 is 0 Å². The van der Waals surface area contributed by atoms with Gasteiger partial charge in [-0.05, 0) is 50.5 Å². The second kappa shape index (κ2) is 6.86. The SMILES string of the molecule is CC1CCC(O)C(C2CCCCN2C(=O)c2cc(Cl)cn2C)C1. The minimum absolute atomic E-state index is 0.0505. The molecule has 4 nitrogen and oxygen atoms in total. The molecule has 1 aliphatic carbocycles. The van der Waals surface area contributed by atoms with Gasteiger partial charge in [0.05, 0.1) is 11.1 Å². The van der Waals surface area contributed by atoms with Crippen molar-refractivity contribution in [3.05, 3.63) is 23.0 Å². The minimum atomic E-state index is -0.276. The number of aliphatic hydroxyl groups is 1. The molecule has 1 aliphatic heterocycles. The number of carbonyl (C=O) groups is 1. The van der Waals surface area contributed by atoms with Gasteiger partial charge in [-0.25, -0.2) is 0 Å². The van der Waals surface area contributed by atoms with Gasteiger partial charge >= 0.3 is 0 Å². The van der Waals surface area contributed by atoms with Crippen LogP contribution in [0, 0.1) is 11.8 Å². The number of aliphatic hydroxyl groups excluding tert-OH is 1. The van der Waals surface area contributed by atoms with Crippen molar-refractivity contribution in [2.75, 3.05) is 6.54 Å². The standard InChI is InChI=1S/C18H27ClN2O2/c1-12-6-7-17(22)14(9-12)15-5-3-4-8-21(15)18(23)16-10-13(19)11-20(16)2/h10-12,14-15,17,22H,3-9H2,1-2H3. The number of rotatable bonds is 2. The first-order valence-electron chi connectivity index (χ1n) is 8.78. The molecule has 1 aromatic heterocycles. The fraction of sp³-hybridized carbons (Fsp3) is 0.722. The Morgan fingerprint density at radius 3 is 2.78 bits per heavy atom.